The average molecular weight is 491 g/mol. The largest absolute Gasteiger partial charge is 0.506 e. The monoisotopic (exact) mass is 490 g/mol. The molecule has 0 aliphatic carbocycles. The molecule has 0 radical (unpaired) electrons. The number of fused-ring (bicyclic) bond motifs is 1. The van der Waals surface area contributed by atoms with Crippen molar-refractivity contribution >= 4 is 10.9 Å². The molecule has 0 spiro atoms. The lowest BCUT2D eigenvalue weighted by molar-refractivity contribution is 0.105. The fourth-order valence-electron chi connectivity index (χ4n) is 4.09. The molecule has 4 rings (SSSR count). The first-order valence-corrected chi connectivity index (χ1v) is 11.7. The van der Waals surface area contributed by atoms with Crippen LogP contribution in [0.4, 0.5) is 0 Å². The third-order valence-corrected chi connectivity index (χ3v) is 6.02. The van der Waals surface area contributed by atoms with Crippen molar-refractivity contribution in [2.24, 2.45) is 0 Å². The molecule has 1 aromatic heterocycles. The van der Waals surface area contributed by atoms with Crippen molar-refractivity contribution in [3.63, 3.8) is 0 Å². The first kappa shape index (κ1) is 25.2. The lowest BCUT2D eigenvalue weighted by Crippen LogP contribution is -2.24. The van der Waals surface area contributed by atoms with Crippen molar-refractivity contribution in [2.75, 3.05) is 26.8 Å². The molecule has 8 heteroatoms. The second-order valence-electron chi connectivity index (χ2n) is 8.47. The van der Waals surface area contributed by atoms with Gasteiger partial charge >= 0.3 is 0 Å². The summed E-state index contributed by atoms with van der Waals surface area (Å²) in [4.78, 5) is 14.2. The van der Waals surface area contributed by atoms with Crippen LogP contribution in [0.15, 0.2) is 77.6 Å². The highest BCUT2D eigenvalue weighted by molar-refractivity contribution is 5.87. The first-order chi connectivity index (χ1) is 17.5. The summed E-state index contributed by atoms with van der Waals surface area (Å²) in [7, 11) is 1.57. The zero-order chi connectivity index (χ0) is 25.5. The van der Waals surface area contributed by atoms with Crippen molar-refractivity contribution in [1.29, 1.82) is 0 Å². The number of para-hydroxylation sites is 1. The van der Waals surface area contributed by atoms with Crippen LogP contribution >= 0.6 is 0 Å². The molecule has 36 heavy (non-hydrogen) atoms. The van der Waals surface area contributed by atoms with Gasteiger partial charge in [-0.15, -0.1) is 0 Å². The van der Waals surface area contributed by atoms with E-state index in [1.807, 2.05) is 42.5 Å². The van der Waals surface area contributed by atoms with Gasteiger partial charge in [0.05, 0.1) is 18.7 Å². The summed E-state index contributed by atoms with van der Waals surface area (Å²) >= 11 is 0. The van der Waals surface area contributed by atoms with Gasteiger partial charge in [-0.1, -0.05) is 36.4 Å². The molecule has 0 unspecified atom stereocenters. The Labute approximate surface area is 208 Å². The molecule has 2 atom stereocenters. The van der Waals surface area contributed by atoms with E-state index in [2.05, 4.69) is 10.3 Å². The molecule has 0 bridgehead atoms. The minimum absolute atomic E-state index is 0.0339. The molecule has 0 fully saturated rings. The second-order valence-corrected chi connectivity index (χ2v) is 8.47. The second kappa shape index (κ2) is 11.7. The van der Waals surface area contributed by atoms with E-state index in [1.54, 1.807) is 25.3 Å². The summed E-state index contributed by atoms with van der Waals surface area (Å²) in [6.07, 6.45) is -0.854. The molecule has 1 heterocycles. The number of H-pyrrole nitrogens is 1. The molecule has 0 saturated carbocycles. The Hall–Kier alpha value is -3.85. The molecule has 0 saturated heterocycles. The summed E-state index contributed by atoms with van der Waals surface area (Å²) < 4.78 is 11.0. The maximum absolute atomic E-state index is 11.6. The number of aliphatic hydroxyl groups excluding tert-OH is 2. The predicted octanol–water partition coefficient (Wildman–Crippen LogP) is 3.22. The SMILES string of the molecule is COc1ccccc1[C@H](O)COc1ccc(CCNC[C@H](O)c2ccc(O)c3[nH]c(=O)ccc23)cc1. The van der Waals surface area contributed by atoms with E-state index in [0.29, 0.717) is 46.6 Å². The Balaban J connectivity index is 1.25. The van der Waals surface area contributed by atoms with E-state index >= 15 is 0 Å². The van der Waals surface area contributed by atoms with Gasteiger partial charge in [0.2, 0.25) is 5.56 Å². The number of ether oxygens (including phenoxy) is 2. The zero-order valence-corrected chi connectivity index (χ0v) is 20.0. The molecule has 0 aliphatic heterocycles. The number of rotatable bonds is 11. The topological polar surface area (TPSA) is 124 Å². The van der Waals surface area contributed by atoms with Gasteiger partial charge in [-0.25, -0.2) is 0 Å². The third kappa shape index (κ3) is 6.04. The zero-order valence-electron chi connectivity index (χ0n) is 20.0. The van der Waals surface area contributed by atoms with Gasteiger partial charge in [0, 0.05) is 23.6 Å². The normalized spacial score (nSPS) is 12.9. The summed E-state index contributed by atoms with van der Waals surface area (Å²) in [6, 6.07) is 21.1. The van der Waals surface area contributed by atoms with E-state index < -0.39 is 12.2 Å². The van der Waals surface area contributed by atoms with E-state index in [-0.39, 0.29) is 17.9 Å². The summed E-state index contributed by atoms with van der Waals surface area (Å²) in [5.74, 6) is 1.25. The number of methoxy groups -OCH3 is 1. The number of hydrogen-bond acceptors (Lipinski definition) is 7. The quantitative estimate of drug-likeness (QED) is 0.205. The van der Waals surface area contributed by atoms with Gasteiger partial charge in [0.25, 0.3) is 0 Å². The molecule has 4 aromatic rings. The van der Waals surface area contributed by atoms with Gasteiger partial charge in [-0.3, -0.25) is 4.79 Å². The van der Waals surface area contributed by atoms with Crippen molar-refractivity contribution in [3.8, 4) is 17.2 Å². The molecule has 8 nitrogen and oxygen atoms in total. The van der Waals surface area contributed by atoms with Crippen molar-refractivity contribution < 1.29 is 24.8 Å². The van der Waals surface area contributed by atoms with Crippen LogP contribution in [-0.4, -0.2) is 47.1 Å². The summed E-state index contributed by atoms with van der Waals surface area (Å²) in [5, 5.41) is 34.9. The molecule has 0 amide bonds. The maximum Gasteiger partial charge on any atom is 0.248 e. The smallest absolute Gasteiger partial charge is 0.248 e. The number of aliphatic hydroxyl groups is 2. The summed E-state index contributed by atoms with van der Waals surface area (Å²) in [6.45, 7) is 1.08. The lowest BCUT2D eigenvalue weighted by atomic mass is 10.0. The van der Waals surface area contributed by atoms with Crippen molar-refractivity contribution in [2.45, 2.75) is 18.6 Å². The maximum atomic E-state index is 11.6. The minimum atomic E-state index is -0.803. The fraction of sp³-hybridized carbons (Fsp3) is 0.250. The van der Waals surface area contributed by atoms with E-state index in [9.17, 15) is 20.1 Å². The van der Waals surface area contributed by atoms with Gasteiger partial charge in [-0.2, -0.15) is 0 Å². The van der Waals surface area contributed by atoms with Gasteiger partial charge in [0.15, 0.2) is 0 Å². The minimum Gasteiger partial charge on any atom is -0.506 e. The Bertz CT molecular complexity index is 1350. The van der Waals surface area contributed by atoms with E-state index in [1.165, 1.54) is 12.1 Å². The van der Waals surface area contributed by atoms with Crippen molar-refractivity contribution in [1.82, 2.24) is 10.3 Å². The number of pyridine rings is 1. The fourth-order valence-corrected chi connectivity index (χ4v) is 4.09. The van der Waals surface area contributed by atoms with Crippen LogP contribution in [0.3, 0.4) is 0 Å². The van der Waals surface area contributed by atoms with Crippen LogP contribution < -0.4 is 20.3 Å². The van der Waals surface area contributed by atoms with E-state index in [4.69, 9.17) is 9.47 Å². The molecule has 188 valence electrons. The molecular formula is C28H30N2O6. The van der Waals surface area contributed by atoms with Gasteiger partial charge in [0.1, 0.15) is 30.0 Å². The van der Waals surface area contributed by atoms with Gasteiger partial charge < -0.3 is 35.1 Å². The molecule has 5 N–H and O–H groups in total. The third-order valence-electron chi connectivity index (χ3n) is 6.02. The number of hydrogen-bond donors (Lipinski definition) is 5. The number of aromatic amines is 1. The Morgan fingerprint density at radius 2 is 1.69 bits per heavy atom. The van der Waals surface area contributed by atoms with Crippen LogP contribution in [0.5, 0.6) is 17.2 Å². The highest BCUT2D eigenvalue weighted by Gasteiger charge is 2.15. The Kier molecular flexibility index (Phi) is 8.22. The first-order valence-electron chi connectivity index (χ1n) is 11.7. The van der Waals surface area contributed by atoms with Crippen LogP contribution in [-0.2, 0) is 6.42 Å². The number of phenols is 1. The van der Waals surface area contributed by atoms with Crippen LogP contribution in [0, 0.1) is 0 Å². The standard InChI is InChI=1S/C28H30N2O6/c1-35-26-5-3-2-4-22(26)25(33)17-36-19-8-6-18(7-9-19)14-15-29-16-24(32)20-10-12-23(31)28-21(20)11-13-27(34)30-28/h2-13,24-25,29,31-33H,14-17H2,1H3,(H,30,34)/t24-,25+/m0/s1. The number of nitrogens with one attached hydrogen (secondary N) is 2. The van der Waals surface area contributed by atoms with E-state index in [0.717, 1.165) is 12.0 Å². The summed E-state index contributed by atoms with van der Waals surface area (Å²) in [5.41, 5.74) is 2.41. The highest BCUT2D eigenvalue weighted by atomic mass is 16.5. The number of phenolic OH excluding ortho intramolecular Hbond substituents is 1. The molecular weight excluding hydrogens is 460 g/mol. The Morgan fingerprint density at radius 1 is 0.917 bits per heavy atom. The molecule has 3 aromatic carbocycles. The number of aromatic hydroxyl groups is 1. The van der Waals surface area contributed by atoms with Gasteiger partial charge in [-0.05, 0) is 54.4 Å². The number of benzene rings is 3. The van der Waals surface area contributed by atoms with Crippen molar-refractivity contribution in [3.05, 3.63) is 99.8 Å². The lowest BCUT2D eigenvalue weighted by Gasteiger charge is -2.16. The van der Waals surface area contributed by atoms with Crippen LogP contribution in [0.2, 0.25) is 0 Å². The number of aromatic nitrogens is 1. The van der Waals surface area contributed by atoms with Crippen LogP contribution in [0.1, 0.15) is 28.9 Å². The highest BCUT2D eigenvalue weighted by Crippen LogP contribution is 2.28. The predicted molar refractivity (Wildman–Crippen MR) is 138 cm³/mol. The average Bonchev–Trinajstić information content (AvgIpc) is 2.90. The Morgan fingerprint density at radius 3 is 2.47 bits per heavy atom. The molecule has 0 aliphatic rings. The van der Waals surface area contributed by atoms with Crippen LogP contribution in [0.25, 0.3) is 10.9 Å².